The summed E-state index contributed by atoms with van der Waals surface area (Å²) in [5, 5.41) is 22.7. The number of nitrogens with zero attached hydrogens (tertiary/aromatic N) is 4. The Balaban J connectivity index is 0.000000166. The van der Waals surface area contributed by atoms with Crippen LogP contribution >= 0.6 is 0 Å². The van der Waals surface area contributed by atoms with Crippen LogP contribution in [-0.2, 0) is 0 Å². The third kappa shape index (κ3) is 4.19. The van der Waals surface area contributed by atoms with Crippen molar-refractivity contribution in [3.8, 4) is 0 Å². The number of rotatable bonds is 3. The van der Waals surface area contributed by atoms with Crippen molar-refractivity contribution < 1.29 is 14.6 Å². The second-order valence-electron chi connectivity index (χ2n) is 6.07. The monoisotopic (exact) mass is 390 g/mol. The normalized spacial score (nSPS) is 10.2. The molecule has 0 saturated heterocycles. The zero-order valence-corrected chi connectivity index (χ0v) is 15.2. The molecule has 0 bridgehead atoms. The molecule has 144 valence electrons. The molecule has 0 aliphatic heterocycles. The molecule has 0 amide bonds. The Morgan fingerprint density at radius 3 is 1.86 bits per heavy atom. The van der Waals surface area contributed by atoms with E-state index in [4.69, 9.17) is 0 Å². The minimum Gasteiger partial charge on any atom is -0.298 e. The van der Waals surface area contributed by atoms with Gasteiger partial charge in [-0.1, -0.05) is 12.1 Å². The lowest BCUT2D eigenvalue weighted by molar-refractivity contribution is -0.385. The number of nitro benzene ring substituents is 2. The Morgan fingerprint density at radius 2 is 1.34 bits per heavy atom. The molecule has 9 nitrogen and oxygen atoms in total. The number of carbonyl (C=O) groups excluding carboxylic acids is 1. The molecule has 0 radical (unpaired) electrons. The first-order valence-corrected chi connectivity index (χ1v) is 8.39. The molecular formula is C20H14N4O5. The summed E-state index contributed by atoms with van der Waals surface area (Å²) >= 11 is 0. The fourth-order valence-electron chi connectivity index (χ4n) is 2.79. The molecule has 0 aliphatic rings. The minimum atomic E-state index is -0.573. The maximum Gasteiger partial charge on any atom is 0.280 e. The molecule has 4 aromatic rings. The first kappa shape index (κ1) is 19.5. The van der Waals surface area contributed by atoms with Crippen LogP contribution in [0, 0.1) is 27.2 Å². The molecule has 0 N–H and O–H groups in total. The van der Waals surface area contributed by atoms with Crippen LogP contribution in [0.3, 0.4) is 0 Å². The van der Waals surface area contributed by atoms with Gasteiger partial charge in [0.2, 0.25) is 0 Å². The number of fused-ring (bicyclic) bond motifs is 2. The quantitative estimate of drug-likeness (QED) is 0.288. The average Bonchev–Trinajstić information content (AvgIpc) is 2.72. The minimum absolute atomic E-state index is 0.0474. The number of aromatic nitrogens is 2. The van der Waals surface area contributed by atoms with Crippen LogP contribution in [0.2, 0.25) is 0 Å². The van der Waals surface area contributed by atoms with E-state index in [0.717, 1.165) is 10.9 Å². The summed E-state index contributed by atoms with van der Waals surface area (Å²) in [6.07, 6.45) is 3.71. The van der Waals surface area contributed by atoms with E-state index in [1.165, 1.54) is 12.1 Å². The molecule has 9 heteroatoms. The van der Waals surface area contributed by atoms with Gasteiger partial charge < -0.3 is 0 Å². The molecule has 0 fully saturated rings. The highest BCUT2D eigenvalue weighted by Crippen LogP contribution is 2.24. The molecule has 0 spiro atoms. The SMILES string of the molecule is Cc1cc2ncccc2cc1[N+](=O)[O-].O=Cc1cc2ncccc2cc1[N+](=O)[O-]. The lowest BCUT2D eigenvalue weighted by Gasteiger charge is -1.99. The van der Waals surface area contributed by atoms with Gasteiger partial charge in [-0.15, -0.1) is 0 Å². The summed E-state index contributed by atoms with van der Waals surface area (Å²) in [5.74, 6) is 0. The summed E-state index contributed by atoms with van der Waals surface area (Å²) in [6, 6.07) is 13.0. The van der Waals surface area contributed by atoms with Crippen LogP contribution in [0.15, 0.2) is 60.9 Å². The summed E-state index contributed by atoms with van der Waals surface area (Å²) in [6.45, 7) is 1.71. The summed E-state index contributed by atoms with van der Waals surface area (Å²) < 4.78 is 0. The molecule has 29 heavy (non-hydrogen) atoms. The number of benzene rings is 2. The number of aldehydes is 1. The zero-order chi connectivity index (χ0) is 21.0. The van der Waals surface area contributed by atoms with E-state index in [2.05, 4.69) is 9.97 Å². The molecule has 0 atom stereocenters. The van der Waals surface area contributed by atoms with Gasteiger partial charge in [0, 0.05) is 40.9 Å². The van der Waals surface area contributed by atoms with Crippen molar-refractivity contribution in [3.63, 3.8) is 0 Å². The number of hydrogen-bond donors (Lipinski definition) is 0. The van der Waals surface area contributed by atoms with Gasteiger partial charge in [0.05, 0.1) is 26.4 Å². The van der Waals surface area contributed by atoms with E-state index < -0.39 is 4.92 Å². The summed E-state index contributed by atoms with van der Waals surface area (Å²) in [5.41, 5.74) is 2.00. The van der Waals surface area contributed by atoms with Gasteiger partial charge in [-0.05, 0) is 31.2 Å². The smallest absolute Gasteiger partial charge is 0.280 e. The lowest BCUT2D eigenvalue weighted by atomic mass is 10.1. The maximum atomic E-state index is 10.7. The van der Waals surface area contributed by atoms with Crippen molar-refractivity contribution in [1.82, 2.24) is 9.97 Å². The van der Waals surface area contributed by atoms with E-state index >= 15 is 0 Å². The molecule has 2 heterocycles. The predicted octanol–water partition coefficient (Wildman–Crippen LogP) is 4.41. The van der Waals surface area contributed by atoms with Crippen LogP contribution in [-0.4, -0.2) is 26.1 Å². The Labute approximate surface area is 163 Å². The Hall–Kier alpha value is -4.27. The van der Waals surface area contributed by atoms with Gasteiger partial charge in [0.1, 0.15) is 0 Å². The predicted molar refractivity (Wildman–Crippen MR) is 107 cm³/mol. The van der Waals surface area contributed by atoms with E-state index in [-0.39, 0.29) is 21.9 Å². The van der Waals surface area contributed by atoms with Crippen LogP contribution in [0.1, 0.15) is 15.9 Å². The standard InChI is InChI=1S/C10H6N2O3.C10H8N2O2/c13-6-8-4-9-7(2-1-3-11-9)5-10(8)12(14)15;1-7-5-9-8(3-2-4-11-9)6-10(7)12(13)14/h1-6H;2-6H,1H3. The topological polar surface area (TPSA) is 129 Å². The van der Waals surface area contributed by atoms with Crippen molar-refractivity contribution in [2.75, 3.05) is 0 Å². The number of pyridine rings is 2. The van der Waals surface area contributed by atoms with Gasteiger partial charge in [-0.25, -0.2) is 0 Å². The third-order valence-corrected chi connectivity index (χ3v) is 4.19. The molecule has 0 aliphatic carbocycles. The number of hydrogen-bond acceptors (Lipinski definition) is 7. The van der Waals surface area contributed by atoms with E-state index in [9.17, 15) is 25.0 Å². The van der Waals surface area contributed by atoms with Gasteiger partial charge in [0.15, 0.2) is 6.29 Å². The lowest BCUT2D eigenvalue weighted by Crippen LogP contribution is -1.94. The van der Waals surface area contributed by atoms with Crippen LogP contribution < -0.4 is 0 Å². The fraction of sp³-hybridized carbons (Fsp3) is 0.0500. The third-order valence-electron chi connectivity index (χ3n) is 4.19. The summed E-state index contributed by atoms with van der Waals surface area (Å²) in [4.78, 5) is 39.1. The Morgan fingerprint density at radius 1 is 0.828 bits per heavy atom. The fourth-order valence-corrected chi connectivity index (χ4v) is 2.79. The van der Waals surface area contributed by atoms with Crippen molar-refractivity contribution in [1.29, 1.82) is 0 Å². The average molecular weight is 390 g/mol. The molecule has 0 saturated carbocycles. The van der Waals surface area contributed by atoms with Crippen LogP contribution in [0.25, 0.3) is 21.8 Å². The second kappa shape index (κ2) is 8.17. The Bertz CT molecular complexity index is 1260. The van der Waals surface area contributed by atoms with E-state index in [1.807, 2.05) is 6.07 Å². The first-order chi connectivity index (χ1) is 13.9. The van der Waals surface area contributed by atoms with Crippen LogP contribution in [0.4, 0.5) is 11.4 Å². The zero-order valence-electron chi connectivity index (χ0n) is 15.2. The van der Waals surface area contributed by atoms with E-state index in [1.54, 1.807) is 49.6 Å². The van der Waals surface area contributed by atoms with E-state index in [0.29, 0.717) is 22.8 Å². The first-order valence-electron chi connectivity index (χ1n) is 8.39. The highest BCUT2D eigenvalue weighted by molar-refractivity contribution is 5.91. The van der Waals surface area contributed by atoms with Gasteiger partial charge in [-0.2, -0.15) is 0 Å². The maximum absolute atomic E-state index is 10.7. The largest absolute Gasteiger partial charge is 0.298 e. The molecule has 2 aromatic carbocycles. The molecule has 0 unspecified atom stereocenters. The van der Waals surface area contributed by atoms with Crippen LogP contribution in [0.5, 0.6) is 0 Å². The molecule has 2 aromatic heterocycles. The highest BCUT2D eigenvalue weighted by Gasteiger charge is 2.14. The molecule has 4 rings (SSSR count). The Kier molecular flexibility index (Phi) is 5.49. The summed E-state index contributed by atoms with van der Waals surface area (Å²) in [7, 11) is 0. The van der Waals surface area contributed by atoms with Gasteiger partial charge in [0.25, 0.3) is 11.4 Å². The molecular weight excluding hydrogens is 376 g/mol. The van der Waals surface area contributed by atoms with Crippen molar-refractivity contribution in [3.05, 3.63) is 92.3 Å². The van der Waals surface area contributed by atoms with Crippen molar-refractivity contribution in [2.24, 2.45) is 0 Å². The highest BCUT2D eigenvalue weighted by atomic mass is 16.6. The van der Waals surface area contributed by atoms with Gasteiger partial charge in [-0.3, -0.25) is 35.0 Å². The second-order valence-corrected chi connectivity index (χ2v) is 6.07. The van der Waals surface area contributed by atoms with Gasteiger partial charge >= 0.3 is 0 Å². The number of nitro groups is 2. The van der Waals surface area contributed by atoms with Crippen molar-refractivity contribution in [2.45, 2.75) is 6.92 Å². The van der Waals surface area contributed by atoms with Crippen molar-refractivity contribution >= 4 is 39.5 Å². The number of aryl methyl sites for hydroxylation is 1. The number of carbonyl (C=O) groups is 1.